The van der Waals surface area contributed by atoms with Gasteiger partial charge in [0.25, 0.3) is 0 Å². The van der Waals surface area contributed by atoms with Crippen LogP contribution in [-0.2, 0) is 10.3 Å². The summed E-state index contributed by atoms with van der Waals surface area (Å²) in [6, 6.07) is 5.13. The summed E-state index contributed by atoms with van der Waals surface area (Å²) >= 11 is 5.91. The normalized spacial score (nSPS) is 14.9. The van der Waals surface area contributed by atoms with Crippen LogP contribution in [-0.4, -0.2) is 11.1 Å². The molecule has 1 rings (SSSR count). The highest BCUT2D eigenvalue weighted by Crippen LogP contribution is 2.27. The van der Waals surface area contributed by atoms with Crippen LogP contribution < -0.4 is 5.73 Å². The summed E-state index contributed by atoms with van der Waals surface area (Å²) in [6.45, 7) is 3.30. The van der Waals surface area contributed by atoms with E-state index >= 15 is 0 Å². The number of carboxylic acids is 1. The number of benzene rings is 1. The van der Waals surface area contributed by atoms with Crippen LogP contribution in [0, 0.1) is 6.92 Å². The van der Waals surface area contributed by atoms with Gasteiger partial charge in [-0.3, -0.25) is 0 Å². The fourth-order valence-corrected chi connectivity index (χ4v) is 1.59. The van der Waals surface area contributed by atoms with Crippen molar-refractivity contribution in [1.82, 2.24) is 0 Å². The molecule has 4 heteroatoms. The number of halogens is 1. The maximum atomic E-state index is 10.9. The van der Waals surface area contributed by atoms with Crippen LogP contribution in [0.3, 0.4) is 0 Å². The Hall–Kier alpha value is -1.06. The minimum Gasteiger partial charge on any atom is -0.480 e. The quantitative estimate of drug-likeness (QED) is 0.789. The molecule has 0 amide bonds. The summed E-state index contributed by atoms with van der Waals surface area (Å²) in [7, 11) is 0. The number of carboxylic acid groups (broad SMARTS) is 1. The molecule has 0 fully saturated rings. The zero-order chi connectivity index (χ0) is 10.9. The number of nitrogens with two attached hydrogens (primary N) is 1. The SMILES string of the molecule is Cc1ccc([C@@](C)(N)C(=O)O)c(Cl)c1. The molecule has 14 heavy (non-hydrogen) atoms. The van der Waals surface area contributed by atoms with Gasteiger partial charge >= 0.3 is 5.97 Å². The molecule has 0 aliphatic heterocycles. The van der Waals surface area contributed by atoms with Gasteiger partial charge in [0.2, 0.25) is 0 Å². The lowest BCUT2D eigenvalue weighted by atomic mass is 9.93. The van der Waals surface area contributed by atoms with Gasteiger partial charge in [0.1, 0.15) is 5.54 Å². The molecular weight excluding hydrogens is 202 g/mol. The fraction of sp³-hybridized carbons (Fsp3) is 0.300. The lowest BCUT2D eigenvalue weighted by Crippen LogP contribution is -2.41. The average molecular weight is 214 g/mol. The minimum atomic E-state index is -1.44. The maximum absolute atomic E-state index is 10.9. The highest BCUT2D eigenvalue weighted by atomic mass is 35.5. The Bertz CT molecular complexity index is 374. The first-order chi connectivity index (χ1) is 6.35. The minimum absolute atomic E-state index is 0.386. The Morgan fingerprint density at radius 2 is 2.14 bits per heavy atom. The van der Waals surface area contributed by atoms with Gasteiger partial charge in [-0.25, -0.2) is 4.79 Å². The molecule has 0 heterocycles. The number of carbonyl (C=O) groups is 1. The first kappa shape index (κ1) is 11.0. The molecule has 0 saturated carbocycles. The zero-order valence-electron chi connectivity index (χ0n) is 8.04. The van der Waals surface area contributed by atoms with E-state index in [1.807, 2.05) is 6.92 Å². The first-order valence-electron chi connectivity index (χ1n) is 4.14. The molecule has 1 aromatic carbocycles. The van der Waals surface area contributed by atoms with Crippen LogP contribution in [0.4, 0.5) is 0 Å². The van der Waals surface area contributed by atoms with Crippen LogP contribution in [0.5, 0.6) is 0 Å². The van der Waals surface area contributed by atoms with E-state index in [9.17, 15) is 4.79 Å². The third-order valence-corrected chi connectivity index (χ3v) is 2.44. The Kier molecular flexibility index (Phi) is 2.83. The molecule has 0 unspecified atom stereocenters. The largest absolute Gasteiger partial charge is 0.480 e. The molecule has 0 aliphatic rings. The van der Waals surface area contributed by atoms with Gasteiger partial charge in [-0.2, -0.15) is 0 Å². The molecule has 0 radical (unpaired) electrons. The van der Waals surface area contributed by atoms with Crippen molar-refractivity contribution in [3.8, 4) is 0 Å². The molecule has 0 spiro atoms. The first-order valence-corrected chi connectivity index (χ1v) is 4.52. The van der Waals surface area contributed by atoms with Crippen molar-refractivity contribution in [1.29, 1.82) is 0 Å². The fourth-order valence-electron chi connectivity index (χ4n) is 1.16. The van der Waals surface area contributed by atoms with Crippen LogP contribution >= 0.6 is 11.6 Å². The molecule has 3 N–H and O–H groups in total. The molecule has 0 aromatic heterocycles. The second kappa shape index (κ2) is 3.59. The van der Waals surface area contributed by atoms with E-state index in [1.165, 1.54) is 6.92 Å². The summed E-state index contributed by atoms with van der Waals surface area (Å²) in [4.78, 5) is 10.9. The smallest absolute Gasteiger partial charge is 0.328 e. The van der Waals surface area contributed by atoms with E-state index in [4.69, 9.17) is 22.4 Å². The highest BCUT2D eigenvalue weighted by Gasteiger charge is 2.32. The molecule has 3 nitrogen and oxygen atoms in total. The van der Waals surface area contributed by atoms with Crippen molar-refractivity contribution >= 4 is 17.6 Å². The predicted octanol–water partition coefficient (Wildman–Crippen LogP) is 1.91. The van der Waals surface area contributed by atoms with Gasteiger partial charge < -0.3 is 10.8 Å². The van der Waals surface area contributed by atoms with E-state index in [-0.39, 0.29) is 0 Å². The van der Waals surface area contributed by atoms with E-state index < -0.39 is 11.5 Å². The summed E-state index contributed by atoms with van der Waals surface area (Å²) in [5, 5.41) is 9.29. The number of aryl methyl sites for hydroxylation is 1. The molecule has 0 bridgehead atoms. The van der Waals surface area contributed by atoms with E-state index in [2.05, 4.69) is 0 Å². The maximum Gasteiger partial charge on any atom is 0.328 e. The second-order valence-electron chi connectivity index (χ2n) is 3.49. The number of hydrogen-bond acceptors (Lipinski definition) is 2. The molecule has 76 valence electrons. The van der Waals surface area contributed by atoms with Crippen LogP contribution in [0.25, 0.3) is 0 Å². The number of rotatable bonds is 2. The zero-order valence-corrected chi connectivity index (χ0v) is 8.80. The highest BCUT2D eigenvalue weighted by molar-refractivity contribution is 6.31. The van der Waals surface area contributed by atoms with Crippen molar-refractivity contribution in [3.05, 3.63) is 34.3 Å². The molecule has 0 aliphatic carbocycles. The Labute approximate surface area is 87.5 Å². The summed E-state index contributed by atoms with van der Waals surface area (Å²) in [5.74, 6) is -1.09. The van der Waals surface area contributed by atoms with Crippen molar-refractivity contribution in [2.24, 2.45) is 5.73 Å². The van der Waals surface area contributed by atoms with Crippen molar-refractivity contribution < 1.29 is 9.90 Å². The van der Waals surface area contributed by atoms with Gasteiger partial charge in [0.05, 0.1) is 0 Å². The van der Waals surface area contributed by atoms with Crippen molar-refractivity contribution in [2.45, 2.75) is 19.4 Å². The third-order valence-electron chi connectivity index (χ3n) is 2.13. The van der Waals surface area contributed by atoms with Crippen LogP contribution in [0.15, 0.2) is 18.2 Å². The van der Waals surface area contributed by atoms with E-state index in [0.29, 0.717) is 10.6 Å². The predicted molar refractivity (Wildman–Crippen MR) is 55.4 cm³/mol. The lowest BCUT2D eigenvalue weighted by Gasteiger charge is -2.21. The van der Waals surface area contributed by atoms with Gasteiger partial charge in [-0.15, -0.1) is 0 Å². The van der Waals surface area contributed by atoms with E-state index in [0.717, 1.165) is 5.56 Å². The Balaban J connectivity index is 3.26. The van der Waals surface area contributed by atoms with Gasteiger partial charge in [0.15, 0.2) is 0 Å². The second-order valence-corrected chi connectivity index (χ2v) is 3.90. The van der Waals surface area contributed by atoms with Crippen molar-refractivity contribution in [2.75, 3.05) is 0 Å². The summed E-state index contributed by atoms with van der Waals surface area (Å²) < 4.78 is 0. The standard InChI is InChI=1S/C10H12ClNO2/c1-6-3-4-7(8(11)5-6)10(2,12)9(13)14/h3-5H,12H2,1-2H3,(H,13,14)/t10-/m1/s1. The third kappa shape index (κ3) is 1.89. The summed E-state index contributed by atoms with van der Waals surface area (Å²) in [6.07, 6.45) is 0. The lowest BCUT2D eigenvalue weighted by molar-refractivity contribution is -0.143. The van der Waals surface area contributed by atoms with Gasteiger partial charge in [-0.05, 0) is 25.5 Å². The van der Waals surface area contributed by atoms with Gasteiger partial charge in [0, 0.05) is 10.6 Å². The molecule has 1 aromatic rings. The summed E-state index contributed by atoms with van der Waals surface area (Å²) in [5.41, 5.74) is 5.61. The van der Waals surface area contributed by atoms with Crippen LogP contribution in [0.1, 0.15) is 18.1 Å². The van der Waals surface area contributed by atoms with Crippen LogP contribution in [0.2, 0.25) is 5.02 Å². The van der Waals surface area contributed by atoms with E-state index in [1.54, 1.807) is 18.2 Å². The number of aliphatic carboxylic acids is 1. The van der Waals surface area contributed by atoms with Gasteiger partial charge in [-0.1, -0.05) is 23.7 Å². The molecule has 0 saturated heterocycles. The van der Waals surface area contributed by atoms with Crippen molar-refractivity contribution in [3.63, 3.8) is 0 Å². The molecule has 1 atom stereocenters. The molecular formula is C10H12ClNO2. The Morgan fingerprint density at radius 3 is 2.57 bits per heavy atom. The monoisotopic (exact) mass is 213 g/mol. The Morgan fingerprint density at radius 1 is 1.57 bits per heavy atom. The topological polar surface area (TPSA) is 63.3 Å². The number of hydrogen-bond donors (Lipinski definition) is 2. The average Bonchev–Trinajstić information content (AvgIpc) is 2.02.